The minimum absolute atomic E-state index is 0.000713. The number of piperidine rings is 1. The number of nitrogens with one attached hydrogen (secondary N) is 1. The fourth-order valence-electron chi connectivity index (χ4n) is 2.96. The van der Waals surface area contributed by atoms with Crippen LogP contribution in [0.4, 0.5) is 0 Å². The van der Waals surface area contributed by atoms with Crippen LogP contribution in [0.25, 0.3) is 0 Å². The Morgan fingerprint density at radius 1 is 1.35 bits per heavy atom. The van der Waals surface area contributed by atoms with Gasteiger partial charge in [0.2, 0.25) is 5.91 Å². The molecule has 1 aromatic heterocycles. The van der Waals surface area contributed by atoms with Gasteiger partial charge in [0.1, 0.15) is 12.2 Å². The summed E-state index contributed by atoms with van der Waals surface area (Å²) in [7, 11) is 0. The summed E-state index contributed by atoms with van der Waals surface area (Å²) in [4.78, 5) is 20.2. The molecule has 1 atom stereocenters. The van der Waals surface area contributed by atoms with Crippen LogP contribution in [0.5, 0.6) is 0 Å². The van der Waals surface area contributed by atoms with E-state index in [2.05, 4.69) is 34.2 Å². The zero-order chi connectivity index (χ0) is 16.1. The van der Waals surface area contributed by atoms with Gasteiger partial charge in [-0.2, -0.15) is 5.10 Å². The largest absolute Gasteiger partial charge is 0.342 e. The highest BCUT2D eigenvalue weighted by Crippen LogP contribution is 2.30. The lowest BCUT2D eigenvalue weighted by atomic mass is 9.96. The molecule has 3 rings (SSSR count). The average molecular weight is 330 g/mol. The predicted molar refractivity (Wildman–Crippen MR) is 91.3 cm³/mol. The first-order valence-electron chi connectivity index (χ1n) is 8.13. The third-order valence-electron chi connectivity index (χ3n) is 4.29. The SMILES string of the molecule is CCC(Sc1ccccc1)C(=O)N1CCC(c2ncn[nH]2)CC1. The van der Waals surface area contributed by atoms with Crippen LogP contribution in [0.2, 0.25) is 0 Å². The van der Waals surface area contributed by atoms with Gasteiger partial charge in [0.15, 0.2) is 0 Å². The summed E-state index contributed by atoms with van der Waals surface area (Å²) in [5.41, 5.74) is 0. The van der Waals surface area contributed by atoms with Crippen molar-refractivity contribution in [3.8, 4) is 0 Å². The van der Waals surface area contributed by atoms with E-state index in [1.165, 1.54) is 0 Å². The summed E-state index contributed by atoms with van der Waals surface area (Å²) in [6.45, 7) is 3.69. The van der Waals surface area contributed by atoms with Gasteiger partial charge in [0, 0.05) is 23.9 Å². The van der Waals surface area contributed by atoms with Gasteiger partial charge in [0.25, 0.3) is 0 Å². The standard InChI is InChI=1S/C17H22N4OS/c1-2-15(23-14-6-4-3-5-7-14)17(22)21-10-8-13(9-11-21)16-18-12-19-20-16/h3-7,12-13,15H,2,8-11H2,1H3,(H,18,19,20). The third-order valence-corrected chi connectivity index (χ3v) is 5.66. The molecule has 0 aliphatic carbocycles. The Hall–Kier alpha value is -1.82. The van der Waals surface area contributed by atoms with Crippen molar-refractivity contribution in [1.29, 1.82) is 0 Å². The van der Waals surface area contributed by atoms with Crippen molar-refractivity contribution < 1.29 is 4.79 Å². The number of benzene rings is 1. The van der Waals surface area contributed by atoms with E-state index in [1.807, 2.05) is 23.1 Å². The molecule has 122 valence electrons. The molecule has 5 nitrogen and oxygen atoms in total. The highest BCUT2D eigenvalue weighted by atomic mass is 32.2. The molecule has 0 saturated carbocycles. The molecule has 0 bridgehead atoms. The second-order valence-electron chi connectivity index (χ2n) is 5.80. The Balaban J connectivity index is 1.57. The van der Waals surface area contributed by atoms with E-state index < -0.39 is 0 Å². The maximum Gasteiger partial charge on any atom is 0.236 e. The number of H-pyrrole nitrogens is 1. The van der Waals surface area contributed by atoms with E-state index in [0.717, 1.165) is 43.1 Å². The van der Waals surface area contributed by atoms with Crippen LogP contribution in [0.3, 0.4) is 0 Å². The molecule has 1 unspecified atom stereocenters. The maximum atomic E-state index is 12.8. The normalized spacial score (nSPS) is 17.2. The summed E-state index contributed by atoms with van der Waals surface area (Å²) < 4.78 is 0. The van der Waals surface area contributed by atoms with Crippen LogP contribution in [-0.4, -0.2) is 44.3 Å². The van der Waals surface area contributed by atoms with Gasteiger partial charge in [0.05, 0.1) is 5.25 Å². The van der Waals surface area contributed by atoms with Crippen LogP contribution >= 0.6 is 11.8 Å². The smallest absolute Gasteiger partial charge is 0.236 e. The van der Waals surface area contributed by atoms with Crippen molar-refractivity contribution in [2.24, 2.45) is 0 Å². The molecule has 0 radical (unpaired) electrons. The van der Waals surface area contributed by atoms with Gasteiger partial charge in [-0.05, 0) is 31.4 Å². The molecule has 1 amide bonds. The number of likely N-dealkylation sites (tertiary alicyclic amines) is 1. The monoisotopic (exact) mass is 330 g/mol. The number of aromatic amines is 1. The van der Waals surface area contributed by atoms with E-state index in [-0.39, 0.29) is 11.2 Å². The lowest BCUT2D eigenvalue weighted by Gasteiger charge is -2.33. The molecule has 2 heterocycles. The summed E-state index contributed by atoms with van der Waals surface area (Å²) in [5.74, 6) is 1.60. The average Bonchev–Trinajstić information content (AvgIpc) is 3.15. The number of carbonyl (C=O) groups is 1. The summed E-state index contributed by atoms with van der Waals surface area (Å²) in [6.07, 6.45) is 4.30. The van der Waals surface area contributed by atoms with Crippen LogP contribution in [-0.2, 0) is 4.79 Å². The topological polar surface area (TPSA) is 61.9 Å². The summed E-state index contributed by atoms with van der Waals surface area (Å²) in [5, 5.41) is 6.87. The van der Waals surface area contributed by atoms with Crippen molar-refractivity contribution >= 4 is 17.7 Å². The lowest BCUT2D eigenvalue weighted by molar-refractivity contribution is -0.131. The molecule has 23 heavy (non-hydrogen) atoms. The molecule has 1 fully saturated rings. The summed E-state index contributed by atoms with van der Waals surface area (Å²) in [6, 6.07) is 10.2. The number of rotatable bonds is 5. The first kappa shape index (κ1) is 16.1. The highest BCUT2D eigenvalue weighted by molar-refractivity contribution is 8.00. The number of aromatic nitrogens is 3. The molecule has 1 aromatic carbocycles. The number of amides is 1. The third kappa shape index (κ3) is 3.93. The van der Waals surface area contributed by atoms with E-state index in [4.69, 9.17) is 0 Å². The quantitative estimate of drug-likeness (QED) is 0.856. The van der Waals surface area contributed by atoms with Crippen molar-refractivity contribution in [3.63, 3.8) is 0 Å². The van der Waals surface area contributed by atoms with Crippen molar-refractivity contribution in [2.45, 2.75) is 42.2 Å². The van der Waals surface area contributed by atoms with Gasteiger partial charge in [-0.1, -0.05) is 25.1 Å². The molecule has 0 spiro atoms. The maximum absolute atomic E-state index is 12.8. The molecule has 6 heteroatoms. The van der Waals surface area contributed by atoms with Crippen LogP contribution < -0.4 is 0 Å². The zero-order valence-corrected chi connectivity index (χ0v) is 14.1. The number of thioether (sulfide) groups is 1. The second-order valence-corrected chi connectivity index (χ2v) is 7.07. The Morgan fingerprint density at radius 3 is 2.70 bits per heavy atom. The molecular formula is C17H22N4OS. The Kier molecular flexibility index (Phi) is 5.33. The predicted octanol–water partition coefficient (Wildman–Crippen LogP) is 3.08. The highest BCUT2D eigenvalue weighted by Gasteiger charge is 2.29. The van der Waals surface area contributed by atoms with Gasteiger partial charge < -0.3 is 4.90 Å². The Bertz CT molecular complexity index is 609. The zero-order valence-electron chi connectivity index (χ0n) is 13.3. The molecule has 1 aliphatic heterocycles. The molecular weight excluding hydrogens is 308 g/mol. The Morgan fingerprint density at radius 2 is 2.09 bits per heavy atom. The van der Waals surface area contributed by atoms with Crippen LogP contribution in [0.1, 0.15) is 37.9 Å². The van der Waals surface area contributed by atoms with Gasteiger partial charge >= 0.3 is 0 Å². The van der Waals surface area contributed by atoms with Crippen molar-refractivity contribution in [3.05, 3.63) is 42.5 Å². The molecule has 1 saturated heterocycles. The molecule has 1 N–H and O–H groups in total. The van der Waals surface area contributed by atoms with E-state index >= 15 is 0 Å². The molecule has 2 aromatic rings. The van der Waals surface area contributed by atoms with Gasteiger partial charge in [-0.3, -0.25) is 9.89 Å². The van der Waals surface area contributed by atoms with Gasteiger partial charge in [-0.15, -0.1) is 11.8 Å². The number of hydrogen-bond acceptors (Lipinski definition) is 4. The Labute approximate surface area is 140 Å². The minimum atomic E-state index is -0.000713. The van der Waals surface area contributed by atoms with Crippen molar-refractivity contribution in [1.82, 2.24) is 20.1 Å². The van der Waals surface area contributed by atoms with E-state index in [9.17, 15) is 4.79 Å². The van der Waals surface area contributed by atoms with Gasteiger partial charge in [-0.25, -0.2) is 4.98 Å². The first-order valence-corrected chi connectivity index (χ1v) is 9.01. The molecule has 1 aliphatic rings. The number of carbonyl (C=O) groups excluding carboxylic acids is 1. The van der Waals surface area contributed by atoms with E-state index in [0.29, 0.717) is 5.92 Å². The van der Waals surface area contributed by atoms with E-state index in [1.54, 1.807) is 18.1 Å². The van der Waals surface area contributed by atoms with Crippen LogP contribution in [0, 0.1) is 0 Å². The fourth-order valence-corrected chi connectivity index (χ4v) is 4.02. The first-order chi connectivity index (χ1) is 11.3. The minimum Gasteiger partial charge on any atom is -0.342 e. The number of nitrogens with zero attached hydrogens (tertiary/aromatic N) is 3. The fraction of sp³-hybridized carbons (Fsp3) is 0.471. The lowest BCUT2D eigenvalue weighted by Crippen LogP contribution is -2.42. The van der Waals surface area contributed by atoms with Crippen molar-refractivity contribution in [2.75, 3.05) is 13.1 Å². The van der Waals surface area contributed by atoms with Crippen LogP contribution in [0.15, 0.2) is 41.6 Å². The number of hydrogen-bond donors (Lipinski definition) is 1. The second kappa shape index (κ2) is 7.64. The summed E-state index contributed by atoms with van der Waals surface area (Å²) >= 11 is 1.67.